The molecule has 1 aliphatic rings. The molecule has 2 aromatic heterocycles. The Morgan fingerprint density at radius 1 is 1.12 bits per heavy atom. The van der Waals surface area contributed by atoms with E-state index in [2.05, 4.69) is 10.3 Å². The molecule has 0 spiro atoms. The Kier molecular flexibility index (Phi) is 6.69. The van der Waals surface area contributed by atoms with Gasteiger partial charge in [0.2, 0.25) is 0 Å². The first-order valence-corrected chi connectivity index (χ1v) is 10.9. The zero-order valence-corrected chi connectivity index (χ0v) is 19.1. The van der Waals surface area contributed by atoms with Crippen molar-refractivity contribution < 1.29 is 19.1 Å². The molecular weight excluding hydrogens is 440 g/mol. The molecule has 1 fully saturated rings. The molecule has 1 aliphatic heterocycles. The molecule has 3 aromatic rings. The van der Waals surface area contributed by atoms with E-state index in [4.69, 9.17) is 21.7 Å². The summed E-state index contributed by atoms with van der Waals surface area (Å²) in [5, 5.41) is 3.74. The molecule has 1 aromatic carbocycles. The zero-order chi connectivity index (χ0) is 23.4. The number of hydrogen-bond donors (Lipinski definition) is 1. The molecule has 3 heterocycles. The Morgan fingerprint density at radius 3 is 2.64 bits per heavy atom. The number of methoxy groups -OCH3 is 1. The number of ether oxygens (including phenoxy) is 2. The van der Waals surface area contributed by atoms with Crippen molar-refractivity contribution in [2.75, 3.05) is 20.3 Å². The van der Waals surface area contributed by atoms with Crippen LogP contribution in [0, 0.1) is 0 Å². The Labute approximate surface area is 197 Å². The molecule has 1 saturated heterocycles. The van der Waals surface area contributed by atoms with E-state index in [1.807, 2.05) is 53.2 Å². The molecule has 0 aliphatic carbocycles. The number of carbonyl (C=O) groups is 2. The molecular formula is C24H24N4O4S. The van der Waals surface area contributed by atoms with Gasteiger partial charge in [-0.05, 0) is 55.5 Å². The first-order chi connectivity index (χ1) is 16.0. The lowest BCUT2D eigenvalue weighted by molar-refractivity contribution is -0.143. The molecule has 8 nitrogen and oxygen atoms in total. The molecule has 0 radical (unpaired) electrons. The smallest absolute Gasteiger partial charge is 0.339 e. The fourth-order valence-corrected chi connectivity index (χ4v) is 4.37. The predicted octanol–water partition coefficient (Wildman–Crippen LogP) is 3.19. The summed E-state index contributed by atoms with van der Waals surface area (Å²) >= 11 is 5.61. The minimum atomic E-state index is -0.435. The van der Waals surface area contributed by atoms with Crippen LogP contribution in [-0.4, -0.2) is 51.8 Å². The van der Waals surface area contributed by atoms with Gasteiger partial charge in [0.15, 0.2) is 5.11 Å². The van der Waals surface area contributed by atoms with Crippen LogP contribution in [0.25, 0.3) is 5.69 Å². The highest BCUT2D eigenvalue weighted by Gasteiger charge is 2.42. The maximum absolute atomic E-state index is 12.4. The van der Waals surface area contributed by atoms with Crippen molar-refractivity contribution in [1.29, 1.82) is 0 Å². The van der Waals surface area contributed by atoms with Crippen LogP contribution in [0.15, 0.2) is 67.0 Å². The van der Waals surface area contributed by atoms with E-state index >= 15 is 0 Å². The van der Waals surface area contributed by atoms with Gasteiger partial charge in [0.25, 0.3) is 0 Å². The summed E-state index contributed by atoms with van der Waals surface area (Å²) in [7, 11) is 1.35. The second-order valence-corrected chi connectivity index (χ2v) is 7.76. The third-order valence-corrected chi connectivity index (χ3v) is 5.81. The van der Waals surface area contributed by atoms with Crippen molar-refractivity contribution in [3.05, 3.63) is 83.9 Å². The van der Waals surface area contributed by atoms with E-state index in [0.29, 0.717) is 16.4 Å². The molecule has 2 unspecified atom stereocenters. The topological polar surface area (TPSA) is 85.7 Å². The maximum Gasteiger partial charge on any atom is 0.339 e. The normalized spacial score (nSPS) is 17.5. The van der Waals surface area contributed by atoms with Crippen molar-refractivity contribution in [2.45, 2.75) is 19.0 Å². The SMILES string of the molecule is CCOC(=O)CN1C(=S)NC(c2ccccn2)C1c1cccn1-c1ccccc1C(=O)OC. The van der Waals surface area contributed by atoms with Crippen LogP contribution >= 0.6 is 12.2 Å². The molecule has 2 atom stereocenters. The first-order valence-electron chi connectivity index (χ1n) is 10.5. The summed E-state index contributed by atoms with van der Waals surface area (Å²) in [6.07, 6.45) is 3.59. The Bertz CT molecular complexity index is 1160. The number of benzene rings is 1. The average molecular weight is 465 g/mol. The number of nitrogens with one attached hydrogen (secondary N) is 1. The van der Waals surface area contributed by atoms with Gasteiger partial charge in [0.05, 0.1) is 42.7 Å². The number of esters is 2. The Hall–Kier alpha value is -3.72. The summed E-state index contributed by atoms with van der Waals surface area (Å²) in [4.78, 5) is 31.2. The monoisotopic (exact) mass is 464 g/mol. The van der Waals surface area contributed by atoms with E-state index in [1.54, 1.807) is 30.2 Å². The lowest BCUT2D eigenvalue weighted by atomic mass is 10.0. The van der Waals surface area contributed by atoms with Crippen molar-refractivity contribution in [2.24, 2.45) is 0 Å². The lowest BCUT2D eigenvalue weighted by Gasteiger charge is -2.28. The number of rotatable bonds is 7. The quantitative estimate of drug-likeness (QED) is 0.422. The predicted molar refractivity (Wildman–Crippen MR) is 126 cm³/mol. The van der Waals surface area contributed by atoms with Crippen molar-refractivity contribution in [3.8, 4) is 5.69 Å². The van der Waals surface area contributed by atoms with Gasteiger partial charge in [-0.1, -0.05) is 18.2 Å². The minimum Gasteiger partial charge on any atom is -0.465 e. The highest BCUT2D eigenvalue weighted by molar-refractivity contribution is 7.80. The number of thiocarbonyl (C=S) groups is 1. The van der Waals surface area contributed by atoms with Crippen molar-refractivity contribution >= 4 is 29.3 Å². The summed E-state index contributed by atoms with van der Waals surface area (Å²) in [5.74, 6) is -0.809. The highest BCUT2D eigenvalue weighted by atomic mass is 32.1. The molecule has 33 heavy (non-hydrogen) atoms. The first kappa shape index (κ1) is 22.5. The van der Waals surface area contributed by atoms with Gasteiger partial charge in [-0.25, -0.2) is 4.79 Å². The second kappa shape index (κ2) is 9.83. The van der Waals surface area contributed by atoms with Gasteiger partial charge >= 0.3 is 11.9 Å². The van der Waals surface area contributed by atoms with E-state index in [0.717, 1.165) is 11.4 Å². The van der Waals surface area contributed by atoms with Crippen LogP contribution in [0.2, 0.25) is 0 Å². The highest BCUT2D eigenvalue weighted by Crippen LogP contribution is 2.39. The Balaban J connectivity index is 1.82. The van der Waals surface area contributed by atoms with Gasteiger partial charge in [-0.15, -0.1) is 0 Å². The van der Waals surface area contributed by atoms with Crippen molar-refractivity contribution in [1.82, 2.24) is 19.8 Å². The number of pyridine rings is 1. The second-order valence-electron chi connectivity index (χ2n) is 7.37. The largest absolute Gasteiger partial charge is 0.465 e. The summed E-state index contributed by atoms with van der Waals surface area (Å²) in [6, 6.07) is 16.0. The molecule has 4 rings (SSSR count). The van der Waals surface area contributed by atoms with Gasteiger partial charge in [-0.3, -0.25) is 9.78 Å². The van der Waals surface area contributed by atoms with E-state index in [1.165, 1.54) is 7.11 Å². The zero-order valence-electron chi connectivity index (χ0n) is 18.3. The number of hydrogen-bond acceptors (Lipinski definition) is 6. The van der Waals surface area contributed by atoms with Crippen LogP contribution in [-0.2, 0) is 14.3 Å². The molecule has 1 N–H and O–H groups in total. The standard InChI is InChI=1S/C24H24N4O4S/c1-3-32-20(29)15-28-22(21(26-24(28)33)17-10-6-7-13-25-17)19-12-8-14-27(19)18-11-5-4-9-16(18)23(30)31-2/h4-14,21-22H,3,15H2,1-2H3,(H,26,33). The van der Waals surface area contributed by atoms with E-state index < -0.39 is 5.97 Å². The summed E-state index contributed by atoms with van der Waals surface area (Å²) in [5.41, 5.74) is 2.71. The lowest BCUT2D eigenvalue weighted by Crippen LogP contribution is -2.36. The number of aromatic nitrogens is 2. The number of para-hydroxylation sites is 1. The summed E-state index contributed by atoms with van der Waals surface area (Å²) in [6.45, 7) is 2.03. The van der Waals surface area contributed by atoms with Crippen molar-refractivity contribution in [3.63, 3.8) is 0 Å². The fourth-order valence-electron chi connectivity index (χ4n) is 4.06. The molecule has 170 valence electrons. The summed E-state index contributed by atoms with van der Waals surface area (Å²) < 4.78 is 12.1. The van der Waals surface area contributed by atoms with Crippen LogP contribution in [0.3, 0.4) is 0 Å². The molecule has 0 bridgehead atoms. The number of carbonyl (C=O) groups excluding carboxylic acids is 2. The molecule has 0 amide bonds. The van der Waals surface area contributed by atoms with Crippen LogP contribution in [0.5, 0.6) is 0 Å². The van der Waals surface area contributed by atoms with E-state index in [-0.39, 0.29) is 31.2 Å². The molecule has 9 heteroatoms. The third kappa shape index (κ3) is 4.45. The van der Waals surface area contributed by atoms with Crippen LogP contribution in [0.4, 0.5) is 0 Å². The average Bonchev–Trinajstić information content (AvgIpc) is 3.44. The number of nitrogens with zero attached hydrogens (tertiary/aromatic N) is 3. The van der Waals surface area contributed by atoms with E-state index in [9.17, 15) is 9.59 Å². The Morgan fingerprint density at radius 2 is 1.91 bits per heavy atom. The van der Waals surface area contributed by atoms with Gasteiger partial charge in [0, 0.05) is 18.1 Å². The fraction of sp³-hybridized carbons (Fsp3) is 0.250. The van der Waals surface area contributed by atoms with Crippen LogP contribution < -0.4 is 5.32 Å². The minimum absolute atomic E-state index is 0.0164. The van der Waals surface area contributed by atoms with Crippen LogP contribution in [0.1, 0.15) is 40.8 Å². The van der Waals surface area contributed by atoms with Gasteiger partial charge in [-0.2, -0.15) is 0 Å². The van der Waals surface area contributed by atoms with Gasteiger partial charge in [0.1, 0.15) is 6.54 Å². The third-order valence-electron chi connectivity index (χ3n) is 5.45. The molecule has 0 saturated carbocycles. The van der Waals surface area contributed by atoms with Gasteiger partial charge < -0.3 is 24.3 Å². The maximum atomic E-state index is 12.4.